The van der Waals surface area contributed by atoms with Gasteiger partial charge in [0.15, 0.2) is 5.65 Å². The molecule has 0 saturated carbocycles. The molecule has 1 aromatic carbocycles. The number of nitrogens with zero attached hydrogens (tertiary/aromatic N) is 5. The maximum absolute atomic E-state index is 12.8. The molecule has 0 aliphatic rings. The highest BCUT2D eigenvalue weighted by Gasteiger charge is 2.32. The van der Waals surface area contributed by atoms with Gasteiger partial charge in [0.05, 0.1) is 16.6 Å². The van der Waals surface area contributed by atoms with Crippen LogP contribution in [0.4, 0.5) is 26.3 Å². The second-order valence-electron chi connectivity index (χ2n) is 5.88. The monoisotopic (exact) mass is 385 g/mol. The van der Waals surface area contributed by atoms with Crippen LogP contribution in [0.25, 0.3) is 28.0 Å². The number of alkyl halides is 6. The molecule has 5 nitrogen and oxygen atoms in total. The molecule has 4 aromatic rings. The van der Waals surface area contributed by atoms with E-state index in [0.717, 1.165) is 18.2 Å². The van der Waals surface area contributed by atoms with Gasteiger partial charge in [0.1, 0.15) is 5.52 Å². The summed E-state index contributed by atoms with van der Waals surface area (Å²) in [4.78, 5) is 7.89. The number of imidazole rings is 1. The Bertz CT molecular complexity index is 1170. The zero-order valence-electron chi connectivity index (χ0n) is 13.5. The van der Waals surface area contributed by atoms with Crippen LogP contribution < -0.4 is 0 Å². The summed E-state index contributed by atoms with van der Waals surface area (Å²) in [6, 6.07) is 3.95. The largest absolute Gasteiger partial charge is 0.417 e. The highest BCUT2D eigenvalue weighted by molar-refractivity contribution is 5.80. The van der Waals surface area contributed by atoms with E-state index in [4.69, 9.17) is 0 Å². The average molecular weight is 385 g/mol. The van der Waals surface area contributed by atoms with Gasteiger partial charge in [0.2, 0.25) is 5.95 Å². The minimum atomic E-state index is -4.56. The van der Waals surface area contributed by atoms with E-state index >= 15 is 0 Å². The number of halogens is 6. The molecule has 3 aromatic heterocycles. The Morgan fingerprint density at radius 1 is 0.889 bits per heavy atom. The molecule has 27 heavy (non-hydrogen) atoms. The predicted octanol–water partition coefficient (Wildman–Crippen LogP) is 4.34. The molecule has 0 radical (unpaired) electrons. The predicted molar refractivity (Wildman–Crippen MR) is 83.1 cm³/mol. The standard InChI is InChI=1S/C16H9F6N5/c1-26-13-12(5-10(6-23-13)16(20,21)22)24-14(26)27-7-8-2-3-9(15(17,18)19)4-11(8)25-27/h2-7H,1H3. The number of fused-ring (bicyclic) bond motifs is 2. The van der Waals surface area contributed by atoms with Crippen LogP contribution in [-0.4, -0.2) is 24.3 Å². The van der Waals surface area contributed by atoms with E-state index in [0.29, 0.717) is 11.6 Å². The number of aromatic nitrogens is 5. The van der Waals surface area contributed by atoms with Crippen molar-refractivity contribution < 1.29 is 26.3 Å². The summed E-state index contributed by atoms with van der Waals surface area (Å²) in [6.07, 6.45) is -6.93. The minimum absolute atomic E-state index is 0.00198. The average Bonchev–Trinajstić information content (AvgIpc) is 3.13. The van der Waals surface area contributed by atoms with Gasteiger partial charge in [-0.2, -0.15) is 31.4 Å². The van der Waals surface area contributed by atoms with Gasteiger partial charge in [0.25, 0.3) is 0 Å². The van der Waals surface area contributed by atoms with E-state index in [1.807, 2.05) is 0 Å². The van der Waals surface area contributed by atoms with Crippen molar-refractivity contribution in [3.8, 4) is 5.95 Å². The first-order chi connectivity index (χ1) is 12.5. The first-order valence-electron chi connectivity index (χ1n) is 7.51. The molecule has 11 heteroatoms. The van der Waals surface area contributed by atoms with Crippen molar-refractivity contribution in [2.75, 3.05) is 0 Å². The normalized spacial score (nSPS) is 13.0. The van der Waals surface area contributed by atoms with Crippen molar-refractivity contribution in [1.29, 1.82) is 0 Å². The fraction of sp³-hybridized carbons (Fsp3) is 0.188. The Balaban J connectivity index is 1.85. The van der Waals surface area contributed by atoms with Gasteiger partial charge < -0.3 is 0 Å². The maximum Gasteiger partial charge on any atom is 0.417 e. The molecule has 0 spiro atoms. The smallest absolute Gasteiger partial charge is 0.296 e. The lowest BCUT2D eigenvalue weighted by atomic mass is 10.1. The summed E-state index contributed by atoms with van der Waals surface area (Å²) >= 11 is 0. The second kappa shape index (κ2) is 5.44. The third-order valence-corrected chi connectivity index (χ3v) is 4.05. The Hall–Kier alpha value is -3.11. The molecular formula is C16H9F6N5. The molecule has 3 heterocycles. The van der Waals surface area contributed by atoms with Gasteiger partial charge in [-0.05, 0) is 18.2 Å². The number of hydrogen-bond donors (Lipinski definition) is 0. The Kier molecular flexibility index (Phi) is 3.49. The first-order valence-corrected chi connectivity index (χ1v) is 7.51. The Morgan fingerprint density at radius 3 is 2.22 bits per heavy atom. The third-order valence-electron chi connectivity index (χ3n) is 4.05. The first kappa shape index (κ1) is 17.3. The van der Waals surface area contributed by atoms with Crippen LogP contribution in [0.15, 0.2) is 36.7 Å². The van der Waals surface area contributed by atoms with Crippen molar-refractivity contribution in [2.24, 2.45) is 7.05 Å². The van der Waals surface area contributed by atoms with E-state index in [2.05, 4.69) is 15.1 Å². The zero-order valence-corrected chi connectivity index (χ0v) is 13.5. The van der Waals surface area contributed by atoms with Crippen molar-refractivity contribution in [3.63, 3.8) is 0 Å². The third kappa shape index (κ3) is 2.88. The topological polar surface area (TPSA) is 48.5 Å². The number of pyridine rings is 1. The number of hydrogen-bond acceptors (Lipinski definition) is 3. The fourth-order valence-corrected chi connectivity index (χ4v) is 2.72. The lowest BCUT2D eigenvalue weighted by Gasteiger charge is -2.05. The molecule has 4 rings (SSSR count). The van der Waals surface area contributed by atoms with E-state index in [-0.39, 0.29) is 22.6 Å². The van der Waals surface area contributed by atoms with E-state index < -0.39 is 23.5 Å². The SMILES string of the molecule is Cn1c(-n2cc3ccc(C(F)(F)F)cc3n2)nc2cc(C(F)(F)F)cnc21. The molecule has 0 amide bonds. The summed E-state index contributed by atoms with van der Waals surface area (Å²) in [5, 5.41) is 4.50. The van der Waals surface area contributed by atoms with Gasteiger partial charge in [-0.1, -0.05) is 6.07 Å². The summed E-state index contributed by atoms with van der Waals surface area (Å²) in [5.74, 6) is 0.126. The number of aryl methyl sites for hydroxylation is 1. The lowest BCUT2D eigenvalue weighted by Crippen LogP contribution is -2.06. The highest BCUT2D eigenvalue weighted by atomic mass is 19.4. The molecule has 140 valence electrons. The second-order valence-corrected chi connectivity index (χ2v) is 5.88. The summed E-state index contributed by atoms with van der Waals surface area (Å²) < 4.78 is 79.6. The van der Waals surface area contributed by atoms with Crippen LogP contribution in [0.5, 0.6) is 0 Å². The van der Waals surface area contributed by atoms with Crippen LogP contribution in [0, 0.1) is 0 Å². The summed E-state index contributed by atoms with van der Waals surface area (Å²) in [5.41, 5.74) is -1.52. The number of benzene rings is 1. The van der Waals surface area contributed by atoms with Crippen molar-refractivity contribution in [1.82, 2.24) is 24.3 Å². The molecule has 0 saturated heterocycles. The molecule has 0 aliphatic heterocycles. The molecule has 0 aliphatic carbocycles. The molecule has 0 N–H and O–H groups in total. The van der Waals surface area contributed by atoms with Gasteiger partial charge in [0, 0.05) is 24.8 Å². The summed E-state index contributed by atoms with van der Waals surface area (Å²) in [6.45, 7) is 0. The quantitative estimate of drug-likeness (QED) is 0.458. The molecule has 0 unspecified atom stereocenters. The van der Waals surface area contributed by atoms with Crippen molar-refractivity contribution >= 4 is 22.1 Å². The van der Waals surface area contributed by atoms with E-state index in [9.17, 15) is 26.3 Å². The van der Waals surface area contributed by atoms with Crippen LogP contribution in [0.1, 0.15) is 11.1 Å². The lowest BCUT2D eigenvalue weighted by molar-refractivity contribution is -0.138. The fourth-order valence-electron chi connectivity index (χ4n) is 2.72. The van der Waals surface area contributed by atoms with Crippen LogP contribution in [-0.2, 0) is 19.4 Å². The summed E-state index contributed by atoms with van der Waals surface area (Å²) in [7, 11) is 1.53. The van der Waals surface area contributed by atoms with Gasteiger partial charge in [-0.25, -0.2) is 14.6 Å². The Morgan fingerprint density at radius 2 is 1.56 bits per heavy atom. The molecule has 0 bridgehead atoms. The van der Waals surface area contributed by atoms with Crippen LogP contribution >= 0.6 is 0 Å². The maximum atomic E-state index is 12.8. The minimum Gasteiger partial charge on any atom is -0.296 e. The van der Waals surface area contributed by atoms with Crippen molar-refractivity contribution in [2.45, 2.75) is 12.4 Å². The van der Waals surface area contributed by atoms with Crippen molar-refractivity contribution in [3.05, 3.63) is 47.8 Å². The Labute approximate surface area is 146 Å². The van der Waals surface area contributed by atoms with Gasteiger partial charge in [-0.15, -0.1) is 0 Å². The molecule has 0 atom stereocenters. The van der Waals surface area contributed by atoms with Crippen LogP contribution in [0.3, 0.4) is 0 Å². The van der Waals surface area contributed by atoms with Crippen LogP contribution in [0.2, 0.25) is 0 Å². The van der Waals surface area contributed by atoms with E-state index in [1.54, 1.807) is 0 Å². The molecular weight excluding hydrogens is 376 g/mol. The molecule has 0 fully saturated rings. The van der Waals surface area contributed by atoms with Gasteiger partial charge >= 0.3 is 12.4 Å². The highest BCUT2D eigenvalue weighted by Crippen LogP contribution is 2.32. The van der Waals surface area contributed by atoms with E-state index in [1.165, 1.54) is 28.6 Å². The van der Waals surface area contributed by atoms with Gasteiger partial charge in [-0.3, -0.25) is 4.57 Å². The zero-order chi connectivity index (χ0) is 19.6. The number of rotatable bonds is 1.